The molecule has 0 unspecified atom stereocenters. The summed E-state index contributed by atoms with van der Waals surface area (Å²) in [5.41, 5.74) is 0.779. The van der Waals surface area contributed by atoms with Crippen LogP contribution in [0.25, 0.3) is 0 Å². The van der Waals surface area contributed by atoms with E-state index in [1.165, 1.54) is 63.2 Å². The highest BCUT2D eigenvalue weighted by Gasteiger charge is 2.43. The monoisotopic (exact) mass is 270 g/mol. The maximum absolute atomic E-state index is 3.79. The van der Waals surface area contributed by atoms with Crippen molar-refractivity contribution < 1.29 is 0 Å². The van der Waals surface area contributed by atoms with Crippen LogP contribution in [0.1, 0.15) is 52.9 Å². The normalized spacial score (nSPS) is 27.5. The minimum atomic E-state index is 0.291. The Bertz CT molecular complexity index is 259. The van der Waals surface area contributed by atoms with Crippen LogP contribution in [0.3, 0.4) is 0 Å². The molecule has 0 radical (unpaired) electrons. The van der Waals surface area contributed by atoms with Crippen LogP contribution in [0.5, 0.6) is 0 Å². The average Bonchev–Trinajstić information content (AvgIpc) is 2.36. The van der Waals surface area contributed by atoms with Gasteiger partial charge < -0.3 is 5.32 Å². The maximum atomic E-state index is 3.79. The predicted octanol–water partition coefficient (Wildman–Crippen LogP) is 3.13. The highest BCUT2D eigenvalue weighted by atomic mass is 32.2. The van der Waals surface area contributed by atoms with E-state index in [9.17, 15) is 0 Å². The number of nitrogens with one attached hydrogen (secondary N) is 1. The molecule has 1 aliphatic heterocycles. The summed E-state index contributed by atoms with van der Waals surface area (Å²) >= 11 is 2.09. The Morgan fingerprint density at radius 1 is 1.17 bits per heavy atom. The molecule has 0 aromatic heterocycles. The number of hydrogen-bond donors (Lipinski definition) is 1. The van der Waals surface area contributed by atoms with E-state index in [4.69, 9.17) is 0 Å². The molecule has 0 atom stereocenters. The third-order valence-corrected chi connectivity index (χ3v) is 5.53. The van der Waals surface area contributed by atoms with E-state index in [1.807, 2.05) is 0 Å². The first-order valence-electron chi connectivity index (χ1n) is 7.66. The summed E-state index contributed by atoms with van der Waals surface area (Å²) in [5.74, 6) is 2.55. The van der Waals surface area contributed by atoms with E-state index in [2.05, 4.69) is 42.7 Å². The van der Waals surface area contributed by atoms with Gasteiger partial charge in [0.25, 0.3) is 0 Å². The van der Waals surface area contributed by atoms with E-state index in [0.717, 1.165) is 0 Å². The lowest BCUT2D eigenvalue weighted by atomic mass is 9.77. The fourth-order valence-corrected chi connectivity index (χ4v) is 4.19. The molecule has 1 spiro atoms. The molecule has 0 aromatic rings. The molecule has 1 saturated carbocycles. The Kier molecular flexibility index (Phi) is 5.01. The molecule has 2 nitrogen and oxygen atoms in total. The summed E-state index contributed by atoms with van der Waals surface area (Å²) in [7, 11) is 0. The lowest BCUT2D eigenvalue weighted by Crippen LogP contribution is -2.69. The SMILES string of the molecule is CCSCCN1CC(C)(C)NCC12CCCCC2. The zero-order chi connectivity index (χ0) is 13.1. The zero-order valence-electron chi connectivity index (χ0n) is 12.4. The van der Waals surface area contributed by atoms with Gasteiger partial charge in [-0.2, -0.15) is 11.8 Å². The Morgan fingerprint density at radius 2 is 1.89 bits per heavy atom. The van der Waals surface area contributed by atoms with Crippen molar-refractivity contribution in [3.63, 3.8) is 0 Å². The van der Waals surface area contributed by atoms with Crippen LogP contribution in [0, 0.1) is 0 Å². The van der Waals surface area contributed by atoms with Crippen LogP contribution < -0.4 is 5.32 Å². The average molecular weight is 270 g/mol. The molecule has 2 fully saturated rings. The van der Waals surface area contributed by atoms with Crippen LogP contribution >= 0.6 is 11.8 Å². The maximum Gasteiger partial charge on any atom is 0.0335 e. The van der Waals surface area contributed by atoms with E-state index in [1.54, 1.807) is 0 Å². The van der Waals surface area contributed by atoms with Crippen molar-refractivity contribution in [2.75, 3.05) is 31.1 Å². The minimum absolute atomic E-state index is 0.291. The van der Waals surface area contributed by atoms with Gasteiger partial charge in [-0.3, -0.25) is 4.90 Å². The predicted molar refractivity (Wildman–Crippen MR) is 82.5 cm³/mol. The fraction of sp³-hybridized carbons (Fsp3) is 1.00. The van der Waals surface area contributed by atoms with Gasteiger partial charge in [-0.05, 0) is 32.4 Å². The van der Waals surface area contributed by atoms with Crippen LogP contribution in [0.15, 0.2) is 0 Å². The summed E-state index contributed by atoms with van der Waals surface area (Å²) < 4.78 is 0. The number of hydrogen-bond acceptors (Lipinski definition) is 3. The van der Waals surface area contributed by atoms with Crippen molar-refractivity contribution >= 4 is 11.8 Å². The van der Waals surface area contributed by atoms with E-state index in [-0.39, 0.29) is 0 Å². The standard InChI is InChI=1S/C15H30N2S/c1-4-18-11-10-17-13-14(2,3)16-12-15(17)8-6-5-7-9-15/h16H,4-13H2,1-3H3. The van der Waals surface area contributed by atoms with E-state index >= 15 is 0 Å². The van der Waals surface area contributed by atoms with Crippen molar-refractivity contribution in [2.45, 2.75) is 64.0 Å². The molecule has 0 bridgehead atoms. The summed E-state index contributed by atoms with van der Waals surface area (Å²) in [6.45, 7) is 10.7. The van der Waals surface area contributed by atoms with Gasteiger partial charge in [0.1, 0.15) is 0 Å². The van der Waals surface area contributed by atoms with Gasteiger partial charge in [-0.1, -0.05) is 26.2 Å². The number of thioether (sulfide) groups is 1. The van der Waals surface area contributed by atoms with Gasteiger partial charge in [-0.25, -0.2) is 0 Å². The molecule has 0 aromatic carbocycles. The van der Waals surface area contributed by atoms with E-state index < -0.39 is 0 Å². The van der Waals surface area contributed by atoms with Gasteiger partial charge in [0.15, 0.2) is 0 Å². The van der Waals surface area contributed by atoms with Crippen LogP contribution in [0.2, 0.25) is 0 Å². The third kappa shape index (κ3) is 3.43. The molecule has 2 rings (SSSR count). The molecular formula is C15H30N2S. The first-order valence-corrected chi connectivity index (χ1v) is 8.81. The van der Waals surface area contributed by atoms with Gasteiger partial charge in [0, 0.05) is 36.5 Å². The second kappa shape index (κ2) is 6.15. The second-order valence-corrected chi connectivity index (χ2v) is 8.03. The lowest BCUT2D eigenvalue weighted by Gasteiger charge is -2.54. The van der Waals surface area contributed by atoms with Crippen molar-refractivity contribution in [3.05, 3.63) is 0 Å². The molecule has 1 saturated heterocycles. The van der Waals surface area contributed by atoms with Gasteiger partial charge in [0.05, 0.1) is 0 Å². The first kappa shape index (κ1) is 14.7. The largest absolute Gasteiger partial charge is 0.309 e. The highest BCUT2D eigenvalue weighted by Crippen LogP contribution is 2.37. The molecule has 18 heavy (non-hydrogen) atoms. The Labute approximate surface area is 117 Å². The number of piperazine rings is 1. The lowest BCUT2D eigenvalue weighted by molar-refractivity contribution is -0.00507. The third-order valence-electron chi connectivity index (χ3n) is 4.65. The first-order chi connectivity index (χ1) is 8.58. The van der Waals surface area contributed by atoms with Crippen LogP contribution in [-0.4, -0.2) is 47.1 Å². The summed E-state index contributed by atoms with van der Waals surface area (Å²) in [5, 5.41) is 3.79. The Morgan fingerprint density at radius 3 is 2.56 bits per heavy atom. The summed E-state index contributed by atoms with van der Waals surface area (Å²) in [4.78, 5) is 2.82. The summed E-state index contributed by atoms with van der Waals surface area (Å²) in [6, 6.07) is 0. The van der Waals surface area contributed by atoms with Crippen molar-refractivity contribution in [2.24, 2.45) is 0 Å². The van der Waals surface area contributed by atoms with Gasteiger partial charge in [0.2, 0.25) is 0 Å². The molecule has 2 aliphatic rings. The number of nitrogens with zero attached hydrogens (tertiary/aromatic N) is 1. The number of rotatable bonds is 4. The molecule has 1 aliphatic carbocycles. The van der Waals surface area contributed by atoms with E-state index in [0.29, 0.717) is 11.1 Å². The van der Waals surface area contributed by atoms with Gasteiger partial charge >= 0.3 is 0 Å². The van der Waals surface area contributed by atoms with Crippen molar-refractivity contribution in [1.82, 2.24) is 10.2 Å². The Balaban J connectivity index is 2.01. The molecule has 1 heterocycles. The smallest absolute Gasteiger partial charge is 0.0335 e. The second-order valence-electron chi connectivity index (χ2n) is 6.64. The molecule has 3 heteroatoms. The fourth-order valence-electron chi connectivity index (χ4n) is 3.55. The Hall–Kier alpha value is 0.270. The highest BCUT2D eigenvalue weighted by molar-refractivity contribution is 7.99. The summed E-state index contributed by atoms with van der Waals surface area (Å²) in [6.07, 6.45) is 7.13. The van der Waals surface area contributed by atoms with Gasteiger partial charge in [-0.15, -0.1) is 0 Å². The molecule has 0 amide bonds. The molecular weight excluding hydrogens is 240 g/mol. The molecule has 106 valence electrons. The van der Waals surface area contributed by atoms with Crippen LogP contribution in [-0.2, 0) is 0 Å². The zero-order valence-corrected chi connectivity index (χ0v) is 13.2. The molecule has 1 N–H and O–H groups in total. The van der Waals surface area contributed by atoms with Crippen molar-refractivity contribution in [3.8, 4) is 0 Å². The quantitative estimate of drug-likeness (QED) is 0.790. The van der Waals surface area contributed by atoms with Crippen molar-refractivity contribution in [1.29, 1.82) is 0 Å². The topological polar surface area (TPSA) is 15.3 Å². The minimum Gasteiger partial charge on any atom is -0.309 e. The van der Waals surface area contributed by atoms with Crippen LogP contribution in [0.4, 0.5) is 0 Å².